The van der Waals surface area contributed by atoms with Crippen molar-refractivity contribution in [3.05, 3.63) is 48.6 Å². The molecule has 0 aromatic heterocycles. The lowest BCUT2D eigenvalue weighted by Gasteiger charge is -2.19. The topological polar surface area (TPSA) is 0 Å². The highest BCUT2D eigenvalue weighted by Crippen LogP contribution is 2.27. The first-order valence-corrected chi connectivity index (χ1v) is 4.97. The van der Waals surface area contributed by atoms with Crippen molar-refractivity contribution in [2.45, 2.75) is 26.2 Å². The molecule has 0 aliphatic carbocycles. The molecular weight excluding hydrogens is 156 g/mol. The largest absolute Gasteiger partial charge is 0.103 e. The summed E-state index contributed by atoms with van der Waals surface area (Å²) in [5.41, 5.74) is 1.43. The Morgan fingerprint density at radius 2 is 1.92 bits per heavy atom. The summed E-state index contributed by atoms with van der Waals surface area (Å²) in [5, 5.41) is 0. The molecule has 0 heterocycles. The highest BCUT2D eigenvalue weighted by molar-refractivity contribution is 5.21. The van der Waals surface area contributed by atoms with Crippen molar-refractivity contribution >= 4 is 0 Å². The Labute approximate surface area is 81.3 Å². The molecule has 0 saturated heterocycles. The summed E-state index contributed by atoms with van der Waals surface area (Å²) in [6, 6.07) is 10.7. The van der Waals surface area contributed by atoms with Crippen LogP contribution in [0.2, 0.25) is 0 Å². The molecule has 70 valence electrons. The van der Waals surface area contributed by atoms with Gasteiger partial charge in [0.2, 0.25) is 0 Å². The van der Waals surface area contributed by atoms with Crippen molar-refractivity contribution in [3.8, 4) is 0 Å². The van der Waals surface area contributed by atoms with Crippen LogP contribution in [0.1, 0.15) is 31.7 Å². The maximum Gasteiger partial charge on any atom is -0.0104 e. The van der Waals surface area contributed by atoms with Crippen molar-refractivity contribution < 1.29 is 0 Å². The lowest BCUT2D eigenvalue weighted by molar-refractivity contribution is 0.532. The SMILES string of the molecule is C=C[C@@H](C)C(CC)c1ccccc1. The second-order valence-electron chi connectivity index (χ2n) is 3.52. The van der Waals surface area contributed by atoms with E-state index in [-0.39, 0.29) is 0 Å². The number of allylic oxidation sites excluding steroid dienone is 1. The number of benzene rings is 1. The first kappa shape index (κ1) is 10.0. The zero-order chi connectivity index (χ0) is 9.68. The first-order chi connectivity index (χ1) is 6.29. The molecule has 1 aromatic rings. The number of hydrogen-bond donors (Lipinski definition) is 0. The first-order valence-electron chi connectivity index (χ1n) is 4.97. The molecule has 0 amide bonds. The van der Waals surface area contributed by atoms with E-state index >= 15 is 0 Å². The molecule has 0 aliphatic heterocycles. The van der Waals surface area contributed by atoms with Crippen LogP contribution in [0.3, 0.4) is 0 Å². The fraction of sp³-hybridized carbons (Fsp3) is 0.385. The predicted molar refractivity (Wildman–Crippen MR) is 58.8 cm³/mol. The van der Waals surface area contributed by atoms with E-state index in [9.17, 15) is 0 Å². The summed E-state index contributed by atoms with van der Waals surface area (Å²) in [7, 11) is 0. The fourth-order valence-corrected chi connectivity index (χ4v) is 1.78. The lowest BCUT2D eigenvalue weighted by atomic mass is 9.85. The maximum absolute atomic E-state index is 3.85. The molecule has 1 rings (SSSR count). The minimum Gasteiger partial charge on any atom is -0.103 e. The molecule has 0 N–H and O–H groups in total. The number of hydrogen-bond acceptors (Lipinski definition) is 0. The van der Waals surface area contributed by atoms with Crippen molar-refractivity contribution in [1.82, 2.24) is 0 Å². The molecule has 0 aliphatic rings. The Morgan fingerprint density at radius 1 is 1.31 bits per heavy atom. The van der Waals surface area contributed by atoms with Gasteiger partial charge in [0.1, 0.15) is 0 Å². The molecule has 0 saturated carbocycles. The van der Waals surface area contributed by atoms with Gasteiger partial charge in [0.15, 0.2) is 0 Å². The van der Waals surface area contributed by atoms with Gasteiger partial charge in [-0.2, -0.15) is 0 Å². The third-order valence-electron chi connectivity index (χ3n) is 2.67. The minimum absolute atomic E-state index is 0.562. The molecular formula is C13H18. The van der Waals surface area contributed by atoms with Crippen molar-refractivity contribution in [1.29, 1.82) is 0 Å². The Hall–Kier alpha value is -1.04. The molecule has 0 bridgehead atoms. The van der Waals surface area contributed by atoms with Crippen LogP contribution in [-0.2, 0) is 0 Å². The predicted octanol–water partition coefficient (Wildman–Crippen LogP) is 4.00. The fourth-order valence-electron chi connectivity index (χ4n) is 1.78. The summed E-state index contributed by atoms with van der Waals surface area (Å²) in [6.45, 7) is 8.32. The van der Waals surface area contributed by atoms with Gasteiger partial charge in [-0.1, -0.05) is 50.3 Å². The third kappa shape index (κ3) is 2.45. The second-order valence-corrected chi connectivity index (χ2v) is 3.52. The van der Waals surface area contributed by atoms with E-state index in [0.29, 0.717) is 11.8 Å². The Morgan fingerprint density at radius 3 is 2.38 bits per heavy atom. The monoisotopic (exact) mass is 174 g/mol. The van der Waals surface area contributed by atoms with Gasteiger partial charge in [-0.15, -0.1) is 6.58 Å². The normalized spacial score (nSPS) is 14.9. The lowest BCUT2D eigenvalue weighted by Crippen LogP contribution is -2.05. The average molecular weight is 174 g/mol. The van der Waals surface area contributed by atoms with E-state index in [2.05, 4.69) is 50.8 Å². The van der Waals surface area contributed by atoms with Gasteiger partial charge in [0, 0.05) is 0 Å². The van der Waals surface area contributed by atoms with Crippen molar-refractivity contribution in [3.63, 3.8) is 0 Å². The molecule has 13 heavy (non-hydrogen) atoms. The van der Waals surface area contributed by atoms with Crippen LogP contribution in [0.4, 0.5) is 0 Å². The van der Waals surface area contributed by atoms with E-state index in [1.54, 1.807) is 0 Å². The standard InChI is InChI=1S/C13H18/c1-4-11(3)13(5-2)12-9-7-6-8-10-12/h4,6-11,13H,1,5H2,2-3H3/t11-,13?/m1/s1. The summed E-state index contributed by atoms with van der Waals surface area (Å²) in [4.78, 5) is 0. The quantitative estimate of drug-likeness (QED) is 0.605. The van der Waals surface area contributed by atoms with E-state index in [1.807, 2.05) is 6.08 Å². The molecule has 0 heteroatoms. The molecule has 0 fully saturated rings. The van der Waals surface area contributed by atoms with Gasteiger partial charge in [-0.05, 0) is 23.8 Å². The van der Waals surface area contributed by atoms with Crippen LogP contribution in [0, 0.1) is 5.92 Å². The zero-order valence-corrected chi connectivity index (χ0v) is 8.53. The summed E-state index contributed by atoms with van der Waals surface area (Å²) in [5.74, 6) is 1.19. The van der Waals surface area contributed by atoms with Crippen LogP contribution in [-0.4, -0.2) is 0 Å². The zero-order valence-electron chi connectivity index (χ0n) is 8.53. The van der Waals surface area contributed by atoms with Gasteiger partial charge < -0.3 is 0 Å². The van der Waals surface area contributed by atoms with E-state index < -0.39 is 0 Å². The summed E-state index contributed by atoms with van der Waals surface area (Å²) < 4.78 is 0. The van der Waals surface area contributed by atoms with Gasteiger partial charge in [-0.25, -0.2) is 0 Å². The Kier molecular flexibility index (Phi) is 3.75. The average Bonchev–Trinajstić information content (AvgIpc) is 2.20. The highest BCUT2D eigenvalue weighted by Gasteiger charge is 2.13. The highest BCUT2D eigenvalue weighted by atomic mass is 14.2. The van der Waals surface area contributed by atoms with Gasteiger partial charge in [0.05, 0.1) is 0 Å². The molecule has 0 spiro atoms. The summed E-state index contributed by atoms with van der Waals surface area (Å²) in [6.07, 6.45) is 3.22. The van der Waals surface area contributed by atoms with E-state index in [0.717, 1.165) is 0 Å². The van der Waals surface area contributed by atoms with Crippen molar-refractivity contribution in [2.24, 2.45) is 5.92 Å². The van der Waals surface area contributed by atoms with Crippen molar-refractivity contribution in [2.75, 3.05) is 0 Å². The van der Waals surface area contributed by atoms with Gasteiger partial charge in [0.25, 0.3) is 0 Å². The summed E-state index contributed by atoms with van der Waals surface area (Å²) >= 11 is 0. The molecule has 1 aromatic carbocycles. The molecule has 0 nitrogen and oxygen atoms in total. The number of rotatable bonds is 4. The Balaban J connectivity index is 2.84. The van der Waals surface area contributed by atoms with Crippen LogP contribution >= 0.6 is 0 Å². The van der Waals surface area contributed by atoms with E-state index in [4.69, 9.17) is 0 Å². The smallest absolute Gasteiger partial charge is 0.0104 e. The third-order valence-corrected chi connectivity index (χ3v) is 2.67. The van der Waals surface area contributed by atoms with Crippen LogP contribution in [0.15, 0.2) is 43.0 Å². The van der Waals surface area contributed by atoms with Crippen LogP contribution < -0.4 is 0 Å². The Bertz CT molecular complexity index is 248. The minimum atomic E-state index is 0.562. The van der Waals surface area contributed by atoms with Crippen LogP contribution in [0.5, 0.6) is 0 Å². The molecule has 1 unspecified atom stereocenters. The van der Waals surface area contributed by atoms with Gasteiger partial charge in [-0.3, -0.25) is 0 Å². The molecule has 0 radical (unpaired) electrons. The second kappa shape index (κ2) is 4.86. The van der Waals surface area contributed by atoms with E-state index in [1.165, 1.54) is 12.0 Å². The van der Waals surface area contributed by atoms with Gasteiger partial charge >= 0.3 is 0 Å². The molecule has 2 atom stereocenters. The van der Waals surface area contributed by atoms with Crippen LogP contribution in [0.25, 0.3) is 0 Å². The maximum atomic E-state index is 3.85.